The highest BCUT2D eigenvalue weighted by molar-refractivity contribution is 5.80. The molecule has 9 heteroatoms. The lowest BCUT2D eigenvalue weighted by Gasteiger charge is -2.14. The molecule has 0 saturated heterocycles. The predicted octanol–water partition coefficient (Wildman–Crippen LogP) is 2.60. The first-order chi connectivity index (χ1) is 8.30. The number of ether oxygens (including phenoxy) is 1. The van der Waals surface area contributed by atoms with Crippen molar-refractivity contribution < 1.29 is 31.5 Å². The Balaban J connectivity index is 3.49. The van der Waals surface area contributed by atoms with Crippen LogP contribution in [0.1, 0.15) is 28.0 Å². The molecule has 0 aliphatic heterocycles. The third-order valence-corrected chi connectivity index (χ3v) is 1.75. The van der Waals surface area contributed by atoms with Crippen molar-refractivity contribution >= 4 is 6.29 Å². The molecule has 1 aromatic rings. The van der Waals surface area contributed by atoms with Crippen LogP contribution in [-0.2, 0) is 0 Å². The van der Waals surface area contributed by atoms with E-state index in [-0.39, 0.29) is 6.29 Å². The van der Waals surface area contributed by atoms with Gasteiger partial charge in [0.15, 0.2) is 12.0 Å². The summed E-state index contributed by atoms with van der Waals surface area (Å²) in [6.45, 7) is 0. The van der Waals surface area contributed by atoms with Crippen molar-refractivity contribution in [2.75, 3.05) is 0 Å². The van der Waals surface area contributed by atoms with Gasteiger partial charge in [-0.3, -0.25) is 9.78 Å². The highest BCUT2D eigenvalue weighted by Gasteiger charge is 2.36. The van der Waals surface area contributed by atoms with E-state index in [9.17, 15) is 26.7 Å². The van der Waals surface area contributed by atoms with Gasteiger partial charge in [0.2, 0.25) is 0 Å². The van der Waals surface area contributed by atoms with Crippen LogP contribution in [0.3, 0.4) is 0 Å². The molecular weight excluding hydrogens is 263 g/mol. The lowest BCUT2D eigenvalue weighted by molar-refractivity contribution is -0.275. The minimum Gasteiger partial charge on any atom is -0.402 e. The Kier molecular flexibility index (Phi) is 3.80. The van der Waals surface area contributed by atoms with E-state index >= 15 is 0 Å². The molecule has 0 aliphatic carbocycles. The number of alkyl halides is 5. The fraction of sp³-hybridized carbons (Fsp3) is 0.222. The summed E-state index contributed by atoms with van der Waals surface area (Å²) in [6, 6.07) is 1.20. The van der Waals surface area contributed by atoms with E-state index in [1.807, 2.05) is 0 Å². The van der Waals surface area contributed by atoms with Gasteiger partial charge in [-0.1, -0.05) is 0 Å². The molecule has 4 nitrogen and oxygen atoms in total. The lowest BCUT2D eigenvalue weighted by atomic mass is 10.1. The van der Waals surface area contributed by atoms with Gasteiger partial charge in [-0.2, -0.15) is 5.26 Å². The van der Waals surface area contributed by atoms with Crippen LogP contribution in [0, 0.1) is 11.3 Å². The van der Waals surface area contributed by atoms with Crippen molar-refractivity contribution in [2.24, 2.45) is 0 Å². The Labute approximate surface area is 96.6 Å². The summed E-state index contributed by atoms with van der Waals surface area (Å²) in [6.07, 6.45) is -8.06. The first-order valence-electron chi connectivity index (χ1n) is 4.22. The van der Waals surface area contributed by atoms with Gasteiger partial charge in [0.25, 0.3) is 6.43 Å². The molecule has 0 atom stereocenters. The smallest absolute Gasteiger partial charge is 0.402 e. The molecule has 1 aromatic heterocycles. The summed E-state index contributed by atoms with van der Waals surface area (Å²) in [4.78, 5) is 13.5. The van der Waals surface area contributed by atoms with Crippen LogP contribution in [0.15, 0.2) is 6.20 Å². The number of aromatic nitrogens is 1. The Morgan fingerprint density at radius 1 is 1.44 bits per heavy atom. The molecule has 1 rings (SSSR count). The van der Waals surface area contributed by atoms with E-state index in [2.05, 4.69) is 9.72 Å². The summed E-state index contributed by atoms with van der Waals surface area (Å²) in [5, 5.41) is 8.60. The van der Waals surface area contributed by atoms with Crippen molar-refractivity contribution in [3.05, 3.63) is 23.0 Å². The number of halogens is 5. The molecule has 0 fully saturated rings. The highest BCUT2D eigenvalue weighted by Crippen LogP contribution is 2.35. The van der Waals surface area contributed by atoms with Crippen molar-refractivity contribution in [1.82, 2.24) is 4.98 Å². The standard InChI is InChI=1S/C9H3F5N2O2/c10-8(11)6-7(18-9(12,13)14)5(1-15)4(3-17)2-16-6/h2-3,8H. The number of rotatable bonds is 3. The van der Waals surface area contributed by atoms with Gasteiger partial charge in [0.1, 0.15) is 17.3 Å². The predicted molar refractivity (Wildman–Crippen MR) is 46.0 cm³/mol. The minimum atomic E-state index is -5.28. The third kappa shape index (κ3) is 2.91. The summed E-state index contributed by atoms with van der Waals surface area (Å²) in [5.41, 5.74) is -2.86. The first kappa shape index (κ1) is 13.8. The quantitative estimate of drug-likeness (QED) is 0.623. The second-order valence-electron chi connectivity index (χ2n) is 2.88. The van der Waals surface area contributed by atoms with Crippen molar-refractivity contribution in [3.8, 4) is 11.8 Å². The minimum absolute atomic E-state index is 0.0179. The molecule has 0 N–H and O–H groups in total. The molecule has 0 aromatic carbocycles. The van der Waals surface area contributed by atoms with Crippen LogP contribution < -0.4 is 4.74 Å². The van der Waals surface area contributed by atoms with Crippen molar-refractivity contribution in [2.45, 2.75) is 12.8 Å². The van der Waals surface area contributed by atoms with Crippen LogP contribution in [-0.4, -0.2) is 17.6 Å². The van der Waals surface area contributed by atoms with E-state index in [1.165, 1.54) is 6.07 Å². The number of aldehydes is 1. The van der Waals surface area contributed by atoms with Gasteiger partial charge >= 0.3 is 6.36 Å². The van der Waals surface area contributed by atoms with E-state index in [0.29, 0.717) is 6.20 Å². The van der Waals surface area contributed by atoms with Crippen LogP contribution in [0.5, 0.6) is 5.75 Å². The molecule has 0 saturated carbocycles. The van der Waals surface area contributed by atoms with Crippen molar-refractivity contribution in [3.63, 3.8) is 0 Å². The van der Waals surface area contributed by atoms with Crippen LogP contribution in [0.2, 0.25) is 0 Å². The number of carbonyl (C=O) groups excluding carboxylic acids is 1. The molecule has 0 aliphatic rings. The zero-order valence-corrected chi connectivity index (χ0v) is 8.33. The number of nitriles is 1. The topological polar surface area (TPSA) is 63.0 Å². The fourth-order valence-electron chi connectivity index (χ4n) is 1.10. The van der Waals surface area contributed by atoms with E-state index in [1.54, 1.807) is 0 Å². The first-order valence-corrected chi connectivity index (χ1v) is 4.22. The SMILES string of the molecule is N#Cc1c(C=O)cnc(C(F)F)c1OC(F)(F)F. The van der Waals surface area contributed by atoms with E-state index < -0.39 is 35.4 Å². The van der Waals surface area contributed by atoms with E-state index in [0.717, 1.165) is 0 Å². The Morgan fingerprint density at radius 2 is 2.06 bits per heavy atom. The van der Waals surface area contributed by atoms with Gasteiger partial charge in [0, 0.05) is 6.20 Å². The Morgan fingerprint density at radius 3 is 2.44 bits per heavy atom. The summed E-state index contributed by atoms with van der Waals surface area (Å²) in [7, 11) is 0. The van der Waals surface area contributed by atoms with Gasteiger partial charge in [-0.25, -0.2) is 8.78 Å². The van der Waals surface area contributed by atoms with Crippen LogP contribution >= 0.6 is 0 Å². The molecular formula is C9H3F5N2O2. The molecule has 0 bridgehead atoms. The van der Waals surface area contributed by atoms with Crippen LogP contribution in [0.25, 0.3) is 0 Å². The molecule has 0 amide bonds. The van der Waals surface area contributed by atoms with Crippen LogP contribution in [0.4, 0.5) is 22.0 Å². The van der Waals surface area contributed by atoms with Gasteiger partial charge in [0.05, 0.1) is 5.56 Å². The number of hydrogen-bond donors (Lipinski definition) is 0. The highest BCUT2D eigenvalue weighted by atomic mass is 19.4. The number of nitrogens with zero attached hydrogens (tertiary/aromatic N) is 2. The Hall–Kier alpha value is -2.24. The second kappa shape index (κ2) is 4.95. The monoisotopic (exact) mass is 266 g/mol. The second-order valence-corrected chi connectivity index (χ2v) is 2.88. The lowest BCUT2D eigenvalue weighted by Crippen LogP contribution is -2.20. The Bertz CT molecular complexity index is 507. The van der Waals surface area contributed by atoms with Gasteiger partial charge in [-0.15, -0.1) is 13.2 Å². The molecule has 0 radical (unpaired) electrons. The maximum Gasteiger partial charge on any atom is 0.573 e. The van der Waals surface area contributed by atoms with E-state index in [4.69, 9.17) is 5.26 Å². The molecule has 18 heavy (non-hydrogen) atoms. The molecule has 0 unspecified atom stereocenters. The van der Waals surface area contributed by atoms with Crippen molar-refractivity contribution in [1.29, 1.82) is 5.26 Å². The number of pyridine rings is 1. The largest absolute Gasteiger partial charge is 0.573 e. The summed E-state index contributed by atoms with van der Waals surface area (Å²) in [5.74, 6) is -1.45. The normalized spacial score (nSPS) is 11.2. The summed E-state index contributed by atoms with van der Waals surface area (Å²) >= 11 is 0. The number of carbonyl (C=O) groups is 1. The molecule has 96 valence electrons. The summed E-state index contributed by atoms with van der Waals surface area (Å²) < 4.78 is 64.4. The fourth-order valence-corrected chi connectivity index (χ4v) is 1.10. The zero-order chi connectivity index (χ0) is 13.9. The molecule has 1 heterocycles. The van der Waals surface area contributed by atoms with Gasteiger partial charge in [-0.05, 0) is 0 Å². The van der Waals surface area contributed by atoms with Gasteiger partial charge < -0.3 is 4.74 Å². The number of hydrogen-bond acceptors (Lipinski definition) is 4. The average molecular weight is 266 g/mol. The third-order valence-electron chi connectivity index (χ3n) is 1.75. The average Bonchev–Trinajstić information content (AvgIpc) is 2.25. The zero-order valence-electron chi connectivity index (χ0n) is 8.33. The molecule has 0 spiro atoms. The maximum absolute atomic E-state index is 12.4. The maximum atomic E-state index is 12.4.